The van der Waals surface area contributed by atoms with Crippen molar-refractivity contribution < 1.29 is 0 Å². The number of pyridine rings is 1. The van der Waals surface area contributed by atoms with Crippen LogP contribution in [0.3, 0.4) is 0 Å². The summed E-state index contributed by atoms with van der Waals surface area (Å²) in [4.78, 5) is 4.42. The van der Waals surface area contributed by atoms with E-state index in [1.165, 1.54) is 0 Å². The Morgan fingerprint density at radius 3 is 2.56 bits per heavy atom. The van der Waals surface area contributed by atoms with Gasteiger partial charge in [0, 0.05) is 7.05 Å². The molecule has 0 aliphatic carbocycles. The number of aromatic nitrogens is 3. The van der Waals surface area contributed by atoms with Gasteiger partial charge in [-0.1, -0.05) is 23.2 Å². The number of halogens is 2. The summed E-state index contributed by atoms with van der Waals surface area (Å²) in [5.41, 5.74) is 2.50. The number of hydrogen-bond donors (Lipinski definition) is 1. The summed E-state index contributed by atoms with van der Waals surface area (Å²) < 4.78 is 1.81. The summed E-state index contributed by atoms with van der Waals surface area (Å²) in [6, 6.07) is 3.66. The van der Waals surface area contributed by atoms with Gasteiger partial charge in [-0.2, -0.15) is 5.10 Å². The van der Waals surface area contributed by atoms with Crippen LogP contribution in [-0.4, -0.2) is 21.8 Å². The molecule has 0 atom stereocenters. The van der Waals surface area contributed by atoms with E-state index in [1.807, 2.05) is 37.7 Å². The molecule has 1 N–H and O–H groups in total. The van der Waals surface area contributed by atoms with Gasteiger partial charge in [0.1, 0.15) is 5.82 Å². The third-order valence-corrected chi connectivity index (χ3v) is 3.66. The summed E-state index contributed by atoms with van der Waals surface area (Å²) in [6.07, 6.45) is 0. The largest absolute Gasteiger partial charge is 0.373 e. The van der Waals surface area contributed by atoms with E-state index in [2.05, 4.69) is 15.4 Å². The van der Waals surface area contributed by atoms with Crippen LogP contribution in [0.15, 0.2) is 12.1 Å². The lowest BCUT2D eigenvalue weighted by Crippen LogP contribution is -2.07. The Labute approximate surface area is 116 Å². The zero-order valence-electron chi connectivity index (χ0n) is 10.5. The molecule has 0 bridgehead atoms. The molecule has 0 aromatic carbocycles. The molecular weight excluding hydrogens is 271 g/mol. The standard InChI is InChI=1S/C12H14Cl2N4/c1-7-12(14)8(2)18(17-7)6-10-9(13)4-5-11(15-3)16-10/h4-5H,6H2,1-3H3,(H,15,16). The van der Waals surface area contributed by atoms with Gasteiger partial charge in [0.15, 0.2) is 0 Å². The van der Waals surface area contributed by atoms with Crippen molar-refractivity contribution in [2.45, 2.75) is 20.4 Å². The van der Waals surface area contributed by atoms with Crippen LogP contribution in [0.2, 0.25) is 10.0 Å². The molecule has 96 valence electrons. The molecule has 0 aliphatic heterocycles. The van der Waals surface area contributed by atoms with E-state index in [4.69, 9.17) is 23.2 Å². The van der Waals surface area contributed by atoms with Crippen LogP contribution in [0.25, 0.3) is 0 Å². The minimum Gasteiger partial charge on any atom is -0.373 e. The van der Waals surface area contributed by atoms with Crippen molar-refractivity contribution in [1.82, 2.24) is 14.8 Å². The fraction of sp³-hybridized carbons (Fsp3) is 0.333. The van der Waals surface area contributed by atoms with Crippen LogP contribution in [0.4, 0.5) is 5.82 Å². The normalized spacial score (nSPS) is 10.7. The van der Waals surface area contributed by atoms with Gasteiger partial charge in [-0.25, -0.2) is 4.98 Å². The summed E-state index contributed by atoms with van der Waals surface area (Å²) in [5, 5.41) is 8.67. The van der Waals surface area contributed by atoms with Gasteiger partial charge < -0.3 is 5.32 Å². The smallest absolute Gasteiger partial charge is 0.126 e. The summed E-state index contributed by atoms with van der Waals surface area (Å²) in [6.45, 7) is 4.32. The molecule has 2 heterocycles. The molecule has 0 aliphatic rings. The maximum atomic E-state index is 6.14. The average Bonchev–Trinajstić information content (AvgIpc) is 2.60. The van der Waals surface area contributed by atoms with Crippen molar-refractivity contribution in [2.24, 2.45) is 0 Å². The zero-order valence-corrected chi connectivity index (χ0v) is 12.0. The number of aryl methyl sites for hydroxylation is 1. The third kappa shape index (κ3) is 2.44. The fourth-order valence-electron chi connectivity index (χ4n) is 1.71. The van der Waals surface area contributed by atoms with Crippen molar-refractivity contribution >= 4 is 29.0 Å². The molecule has 2 rings (SSSR count). The molecule has 0 fully saturated rings. The number of nitrogens with one attached hydrogen (secondary N) is 1. The number of hydrogen-bond acceptors (Lipinski definition) is 3. The van der Waals surface area contributed by atoms with Crippen molar-refractivity contribution in [1.29, 1.82) is 0 Å². The summed E-state index contributed by atoms with van der Waals surface area (Å²) >= 11 is 12.3. The minimum atomic E-state index is 0.508. The Morgan fingerprint density at radius 1 is 1.28 bits per heavy atom. The highest BCUT2D eigenvalue weighted by atomic mass is 35.5. The van der Waals surface area contributed by atoms with Gasteiger partial charge in [-0.15, -0.1) is 0 Å². The Morgan fingerprint density at radius 2 is 2.00 bits per heavy atom. The van der Waals surface area contributed by atoms with Crippen LogP contribution < -0.4 is 5.32 Å². The van der Waals surface area contributed by atoms with Gasteiger partial charge in [-0.3, -0.25) is 4.68 Å². The second-order valence-electron chi connectivity index (χ2n) is 4.02. The van der Waals surface area contributed by atoms with E-state index in [9.17, 15) is 0 Å². The van der Waals surface area contributed by atoms with E-state index < -0.39 is 0 Å². The first-order chi connectivity index (χ1) is 8.52. The van der Waals surface area contributed by atoms with Crippen LogP contribution in [-0.2, 0) is 6.54 Å². The van der Waals surface area contributed by atoms with Crippen molar-refractivity contribution in [2.75, 3.05) is 12.4 Å². The Balaban J connectivity index is 2.36. The van der Waals surface area contributed by atoms with E-state index in [0.717, 1.165) is 22.9 Å². The van der Waals surface area contributed by atoms with Gasteiger partial charge in [0.25, 0.3) is 0 Å². The second-order valence-corrected chi connectivity index (χ2v) is 4.80. The SMILES string of the molecule is CNc1ccc(Cl)c(Cn2nc(C)c(Cl)c2C)n1. The van der Waals surface area contributed by atoms with E-state index in [1.54, 1.807) is 0 Å². The highest BCUT2D eigenvalue weighted by molar-refractivity contribution is 6.32. The van der Waals surface area contributed by atoms with Gasteiger partial charge in [-0.05, 0) is 26.0 Å². The Bertz CT molecular complexity index is 578. The number of rotatable bonds is 3. The maximum Gasteiger partial charge on any atom is 0.126 e. The van der Waals surface area contributed by atoms with Crippen LogP contribution >= 0.6 is 23.2 Å². The lowest BCUT2D eigenvalue weighted by atomic mass is 10.3. The lowest BCUT2D eigenvalue weighted by molar-refractivity contribution is 0.647. The monoisotopic (exact) mass is 284 g/mol. The zero-order chi connectivity index (χ0) is 13.3. The van der Waals surface area contributed by atoms with Crippen molar-refractivity contribution in [3.8, 4) is 0 Å². The predicted octanol–water partition coefficient (Wildman–Crippen LogP) is 3.29. The highest BCUT2D eigenvalue weighted by Gasteiger charge is 2.12. The van der Waals surface area contributed by atoms with E-state index >= 15 is 0 Å². The first kappa shape index (κ1) is 13.2. The van der Waals surface area contributed by atoms with Crippen LogP contribution in [0.5, 0.6) is 0 Å². The predicted molar refractivity (Wildman–Crippen MR) is 74.6 cm³/mol. The van der Waals surface area contributed by atoms with E-state index in [-0.39, 0.29) is 0 Å². The lowest BCUT2D eigenvalue weighted by Gasteiger charge is -2.08. The molecule has 0 unspecified atom stereocenters. The molecule has 18 heavy (non-hydrogen) atoms. The Hall–Kier alpha value is -1.26. The molecule has 2 aromatic rings. The highest BCUT2D eigenvalue weighted by Crippen LogP contribution is 2.22. The third-order valence-electron chi connectivity index (χ3n) is 2.77. The molecule has 0 saturated heterocycles. The molecule has 4 nitrogen and oxygen atoms in total. The molecule has 0 saturated carbocycles. The molecule has 2 aromatic heterocycles. The van der Waals surface area contributed by atoms with Gasteiger partial charge in [0.05, 0.1) is 33.7 Å². The van der Waals surface area contributed by atoms with Crippen LogP contribution in [0, 0.1) is 13.8 Å². The van der Waals surface area contributed by atoms with Gasteiger partial charge >= 0.3 is 0 Å². The molecule has 0 spiro atoms. The van der Waals surface area contributed by atoms with Crippen molar-refractivity contribution in [3.05, 3.63) is 39.3 Å². The summed E-state index contributed by atoms with van der Waals surface area (Å²) in [5.74, 6) is 0.780. The molecule has 6 heteroatoms. The van der Waals surface area contributed by atoms with Gasteiger partial charge in [0.2, 0.25) is 0 Å². The molecule has 0 amide bonds. The fourth-order valence-corrected chi connectivity index (χ4v) is 2.01. The first-order valence-corrected chi connectivity index (χ1v) is 6.31. The topological polar surface area (TPSA) is 42.7 Å². The maximum absolute atomic E-state index is 6.14. The Kier molecular flexibility index (Phi) is 3.78. The number of anilines is 1. The summed E-state index contributed by atoms with van der Waals surface area (Å²) in [7, 11) is 1.82. The van der Waals surface area contributed by atoms with Crippen molar-refractivity contribution in [3.63, 3.8) is 0 Å². The quantitative estimate of drug-likeness (QED) is 0.941. The molecular formula is C12H14Cl2N4. The molecule has 0 radical (unpaired) electrons. The minimum absolute atomic E-state index is 0.508. The second kappa shape index (κ2) is 5.16. The number of nitrogens with zero attached hydrogens (tertiary/aromatic N) is 3. The first-order valence-electron chi connectivity index (χ1n) is 5.55. The average molecular weight is 285 g/mol. The van der Waals surface area contributed by atoms with E-state index in [0.29, 0.717) is 16.6 Å². The van der Waals surface area contributed by atoms with Crippen LogP contribution in [0.1, 0.15) is 17.1 Å².